The molecule has 27 heavy (non-hydrogen) atoms. The molecule has 0 unspecified atom stereocenters. The number of thioether (sulfide) groups is 1. The zero-order chi connectivity index (χ0) is 18.1. The average Bonchev–Trinajstić information content (AvgIpc) is 3.47. The molecule has 132 valence electrons. The van der Waals surface area contributed by atoms with Gasteiger partial charge >= 0.3 is 0 Å². The molecule has 8 heteroatoms. The van der Waals surface area contributed by atoms with E-state index in [2.05, 4.69) is 32.8 Å². The van der Waals surface area contributed by atoms with Gasteiger partial charge in [0.25, 0.3) is 0 Å². The van der Waals surface area contributed by atoms with Crippen molar-refractivity contribution in [3.05, 3.63) is 71.9 Å². The van der Waals surface area contributed by atoms with Crippen LogP contribution in [0.15, 0.2) is 75.8 Å². The number of benzene rings is 1. The van der Waals surface area contributed by atoms with Gasteiger partial charge in [0.1, 0.15) is 10.7 Å². The number of hydrogen-bond acceptors (Lipinski definition) is 7. The number of nitrogens with zero attached hydrogens (tertiary/aromatic N) is 5. The van der Waals surface area contributed by atoms with Gasteiger partial charge in [-0.25, -0.2) is 4.98 Å². The number of aromatic nitrogens is 5. The topological polar surface area (TPSA) is 69.1 Å². The van der Waals surface area contributed by atoms with Crippen LogP contribution in [-0.4, -0.2) is 24.8 Å². The second-order valence-electron chi connectivity index (χ2n) is 5.75. The van der Waals surface area contributed by atoms with Crippen molar-refractivity contribution in [2.45, 2.75) is 10.9 Å². The second-order valence-corrected chi connectivity index (χ2v) is 7.55. The maximum absolute atomic E-state index is 5.43. The zero-order valence-corrected chi connectivity index (χ0v) is 15.7. The first-order valence-electron chi connectivity index (χ1n) is 8.26. The maximum Gasteiger partial charge on any atom is 0.212 e. The quantitative estimate of drug-likeness (QED) is 0.401. The lowest BCUT2D eigenvalue weighted by atomic mass is 10.2. The van der Waals surface area contributed by atoms with Gasteiger partial charge in [0.15, 0.2) is 11.4 Å². The van der Waals surface area contributed by atoms with Crippen molar-refractivity contribution < 1.29 is 4.42 Å². The molecule has 5 rings (SSSR count). The molecule has 0 fully saturated rings. The van der Waals surface area contributed by atoms with Crippen molar-refractivity contribution in [1.29, 1.82) is 0 Å². The van der Waals surface area contributed by atoms with Crippen molar-refractivity contribution in [2.75, 3.05) is 0 Å². The first-order chi connectivity index (χ1) is 13.4. The minimum atomic E-state index is 0.705. The van der Waals surface area contributed by atoms with Gasteiger partial charge in [0.2, 0.25) is 5.16 Å². The molecule has 0 aliphatic carbocycles. The third kappa shape index (κ3) is 3.24. The fourth-order valence-corrected chi connectivity index (χ4v) is 4.35. The monoisotopic (exact) mass is 391 g/mol. The summed E-state index contributed by atoms with van der Waals surface area (Å²) in [6, 6.07) is 17.7. The summed E-state index contributed by atoms with van der Waals surface area (Å²) in [7, 11) is 0. The average molecular weight is 391 g/mol. The number of hydrogen-bond donors (Lipinski definition) is 0. The lowest BCUT2D eigenvalue weighted by Gasteiger charge is -2.00. The van der Waals surface area contributed by atoms with Crippen LogP contribution < -0.4 is 0 Å². The predicted octanol–water partition coefficient (Wildman–Crippen LogP) is 4.80. The highest BCUT2D eigenvalue weighted by molar-refractivity contribution is 7.98. The Labute approximate surface area is 162 Å². The van der Waals surface area contributed by atoms with E-state index in [-0.39, 0.29) is 0 Å². The molecule has 4 aromatic heterocycles. The lowest BCUT2D eigenvalue weighted by Crippen LogP contribution is -1.96. The molecule has 0 radical (unpaired) electrons. The van der Waals surface area contributed by atoms with Crippen molar-refractivity contribution in [3.63, 3.8) is 0 Å². The number of fused-ring (bicyclic) bond motifs is 1. The van der Waals surface area contributed by atoms with E-state index in [1.807, 2.05) is 42.5 Å². The lowest BCUT2D eigenvalue weighted by molar-refractivity contribution is 0.577. The Morgan fingerprint density at radius 3 is 2.78 bits per heavy atom. The van der Waals surface area contributed by atoms with E-state index >= 15 is 0 Å². The van der Waals surface area contributed by atoms with Crippen molar-refractivity contribution >= 4 is 28.7 Å². The Kier molecular flexibility index (Phi) is 4.19. The summed E-state index contributed by atoms with van der Waals surface area (Å²) < 4.78 is 7.17. The molecule has 0 N–H and O–H groups in total. The SMILES string of the molecule is c1ccc(-c2nc(CSc3nnc4ccc(-c5ccco5)nn34)cs2)cc1. The highest BCUT2D eigenvalue weighted by Crippen LogP contribution is 2.27. The van der Waals surface area contributed by atoms with E-state index < -0.39 is 0 Å². The summed E-state index contributed by atoms with van der Waals surface area (Å²) in [4.78, 5) is 4.72. The summed E-state index contributed by atoms with van der Waals surface area (Å²) >= 11 is 3.21. The van der Waals surface area contributed by atoms with Crippen LogP contribution in [-0.2, 0) is 5.75 Å². The molecule has 6 nitrogen and oxygen atoms in total. The van der Waals surface area contributed by atoms with Gasteiger partial charge in [-0.1, -0.05) is 42.1 Å². The van der Waals surface area contributed by atoms with Crippen LogP contribution in [0.4, 0.5) is 0 Å². The molecule has 0 amide bonds. The first kappa shape index (κ1) is 16.2. The fraction of sp³-hybridized carbons (Fsp3) is 0.0526. The van der Waals surface area contributed by atoms with Gasteiger partial charge < -0.3 is 4.42 Å². The smallest absolute Gasteiger partial charge is 0.212 e. The molecule has 0 saturated heterocycles. The van der Waals surface area contributed by atoms with E-state index in [1.54, 1.807) is 33.9 Å². The number of thiazole rings is 1. The molecular weight excluding hydrogens is 378 g/mol. The van der Waals surface area contributed by atoms with E-state index in [1.165, 1.54) is 0 Å². The Morgan fingerprint density at radius 2 is 1.93 bits per heavy atom. The van der Waals surface area contributed by atoms with E-state index in [0.717, 1.165) is 27.1 Å². The Balaban J connectivity index is 1.37. The Hall–Kier alpha value is -2.97. The molecule has 0 aliphatic rings. The molecule has 4 heterocycles. The molecule has 0 saturated carbocycles. The Bertz CT molecular complexity index is 1180. The van der Waals surface area contributed by atoms with Crippen LogP contribution in [0.1, 0.15) is 5.69 Å². The number of rotatable bonds is 5. The van der Waals surface area contributed by atoms with Crippen LogP contribution in [0.3, 0.4) is 0 Å². The van der Waals surface area contributed by atoms with Crippen molar-refractivity contribution in [1.82, 2.24) is 24.8 Å². The standard InChI is InChI=1S/C19H13N5OS2/c1-2-5-13(6-3-1)18-20-14(11-26-18)12-27-19-22-21-17-9-8-15(23-24(17)19)16-7-4-10-25-16/h1-11H,12H2. The third-order valence-electron chi connectivity index (χ3n) is 3.93. The maximum atomic E-state index is 5.43. The van der Waals surface area contributed by atoms with Crippen LogP contribution in [0.5, 0.6) is 0 Å². The van der Waals surface area contributed by atoms with Gasteiger partial charge in [-0.2, -0.15) is 9.61 Å². The van der Waals surface area contributed by atoms with Gasteiger partial charge in [0.05, 0.1) is 12.0 Å². The zero-order valence-electron chi connectivity index (χ0n) is 14.0. The summed E-state index contributed by atoms with van der Waals surface area (Å²) in [6.45, 7) is 0. The molecule has 1 aromatic carbocycles. The highest BCUT2D eigenvalue weighted by Gasteiger charge is 2.12. The van der Waals surface area contributed by atoms with Gasteiger partial charge in [-0.3, -0.25) is 0 Å². The van der Waals surface area contributed by atoms with Gasteiger partial charge in [0, 0.05) is 16.7 Å². The molecule has 5 aromatic rings. The summed E-state index contributed by atoms with van der Waals surface area (Å²) in [5, 5.41) is 16.9. The van der Waals surface area contributed by atoms with E-state index in [4.69, 9.17) is 9.40 Å². The van der Waals surface area contributed by atoms with Gasteiger partial charge in [-0.15, -0.1) is 21.5 Å². The first-order valence-corrected chi connectivity index (χ1v) is 10.1. The summed E-state index contributed by atoms with van der Waals surface area (Å²) in [6.07, 6.45) is 1.63. The fourth-order valence-electron chi connectivity index (χ4n) is 2.64. The third-order valence-corrected chi connectivity index (χ3v) is 5.82. The second kappa shape index (κ2) is 6.98. The Morgan fingerprint density at radius 1 is 1.00 bits per heavy atom. The van der Waals surface area contributed by atoms with Crippen molar-refractivity contribution in [2.24, 2.45) is 0 Å². The van der Waals surface area contributed by atoms with E-state index in [9.17, 15) is 0 Å². The van der Waals surface area contributed by atoms with Crippen LogP contribution >= 0.6 is 23.1 Å². The van der Waals surface area contributed by atoms with Crippen molar-refractivity contribution in [3.8, 4) is 22.0 Å². The molecular formula is C19H13N5OS2. The molecule has 0 atom stereocenters. The highest BCUT2D eigenvalue weighted by atomic mass is 32.2. The normalized spacial score (nSPS) is 11.3. The minimum Gasteiger partial charge on any atom is -0.463 e. The van der Waals surface area contributed by atoms with Crippen LogP contribution in [0.2, 0.25) is 0 Å². The number of furan rings is 1. The van der Waals surface area contributed by atoms with E-state index in [0.29, 0.717) is 17.2 Å². The van der Waals surface area contributed by atoms with Crippen LogP contribution in [0.25, 0.3) is 27.7 Å². The predicted molar refractivity (Wildman–Crippen MR) is 106 cm³/mol. The minimum absolute atomic E-state index is 0.705. The summed E-state index contributed by atoms with van der Waals surface area (Å²) in [5.41, 5.74) is 3.60. The summed E-state index contributed by atoms with van der Waals surface area (Å²) in [5.74, 6) is 1.42. The van der Waals surface area contributed by atoms with Crippen LogP contribution in [0, 0.1) is 0 Å². The largest absolute Gasteiger partial charge is 0.463 e. The van der Waals surface area contributed by atoms with Gasteiger partial charge in [-0.05, 0) is 24.3 Å². The molecule has 0 bridgehead atoms. The molecule has 0 spiro atoms. The molecule has 0 aliphatic heterocycles.